The van der Waals surface area contributed by atoms with Gasteiger partial charge in [-0.15, -0.1) is 12.4 Å². The molecule has 124 valence electrons. The fraction of sp³-hybridized carbons (Fsp3) is 0.600. The van der Waals surface area contributed by atoms with Crippen LogP contribution in [0.25, 0.3) is 0 Å². The Morgan fingerprint density at radius 2 is 1.77 bits per heavy atom. The van der Waals surface area contributed by atoms with Crippen LogP contribution in [0.4, 0.5) is 13.2 Å². The van der Waals surface area contributed by atoms with Gasteiger partial charge in [-0.2, -0.15) is 13.2 Å². The van der Waals surface area contributed by atoms with Crippen LogP contribution in [0.1, 0.15) is 24.8 Å². The van der Waals surface area contributed by atoms with Crippen molar-refractivity contribution in [1.29, 1.82) is 0 Å². The summed E-state index contributed by atoms with van der Waals surface area (Å²) in [5.74, 6) is 0. The van der Waals surface area contributed by atoms with Gasteiger partial charge in [-0.05, 0) is 48.7 Å². The summed E-state index contributed by atoms with van der Waals surface area (Å²) in [4.78, 5) is 2.66. The first-order chi connectivity index (χ1) is 9.98. The Morgan fingerprint density at radius 1 is 1.09 bits per heavy atom. The molecule has 2 unspecified atom stereocenters. The van der Waals surface area contributed by atoms with E-state index in [1.807, 2.05) is 12.1 Å². The van der Waals surface area contributed by atoms with Crippen LogP contribution in [0, 0.1) is 0 Å². The molecule has 3 rings (SSSR count). The number of alkyl halides is 3. The zero-order valence-corrected chi connectivity index (χ0v) is 13.7. The Hall–Kier alpha value is -0.430. The molecular formula is C15H20ClF3N2S. The van der Waals surface area contributed by atoms with Crippen molar-refractivity contribution in [2.24, 2.45) is 0 Å². The first kappa shape index (κ1) is 17.9. The van der Waals surface area contributed by atoms with Crippen LogP contribution in [-0.4, -0.2) is 35.6 Å². The number of fused-ring (bicyclic) bond motifs is 2. The number of nitrogens with zero attached hydrogens (tertiary/aromatic N) is 1. The quantitative estimate of drug-likeness (QED) is 0.826. The average molecular weight is 353 g/mol. The van der Waals surface area contributed by atoms with Gasteiger partial charge in [0.05, 0.1) is 0 Å². The summed E-state index contributed by atoms with van der Waals surface area (Å²) in [5.41, 5.74) is -3.13. The van der Waals surface area contributed by atoms with Gasteiger partial charge in [0.25, 0.3) is 0 Å². The molecular weight excluding hydrogens is 333 g/mol. The third-order valence-electron chi connectivity index (χ3n) is 4.17. The summed E-state index contributed by atoms with van der Waals surface area (Å²) < 4.78 is 36.9. The standard InChI is InChI=1S/C15H19F3N2S.ClH/c16-15(17,18)21-14-5-1-11(2-6-14)9-20-8-7-12-3-4-13(10-20)19-12;/h1-2,5-6,12-13,19H,3-4,7-10H2;1H. The highest BCUT2D eigenvalue weighted by Gasteiger charge is 2.30. The molecule has 22 heavy (non-hydrogen) atoms. The molecule has 0 aromatic heterocycles. The second-order valence-electron chi connectivity index (χ2n) is 5.85. The monoisotopic (exact) mass is 352 g/mol. The first-order valence-electron chi connectivity index (χ1n) is 7.31. The zero-order chi connectivity index (χ0) is 14.9. The second-order valence-corrected chi connectivity index (χ2v) is 6.99. The molecule has 7 heteroatoms. The van der Waals surface area contributed by atoms with E-state index in [2.05, 4.69) is 10.2 Å². The van der Waals surface area contributed by atoms with Crippen molar-refractivity contribution in [2.45, 2.75) is 48.3 Å². The molecule has 2 nitrogen and oxygen atoms in total. The van der Waals surface area contributed by atoms with E-state index >= 15 is 0 Å². The molecule has 0 aliphatic carbocycles. The van der Waals surface area contributed by atoms with Gasteiger partial charge < -0.3 is 5.32 Å². The van der Waals surface area contributed by atoms with Crippen LogP contribution in [-0.2, 0) is 6.54 Å². The van der Waals surface area contributed by atoms with Crippen molar-refractivity contribution in [3.63, 3.8) is 0 Å². The van der Waals surface area contributed by atoms with E-state index in [4.69, 9.17) is 0 Å². The Bertz CT molecular complexity index is 481. The van der Waals surface area contributed by atoms with Gasteiger partial charge >= 0.3 is 5.51 Å². The van der Waals surface area contributed by atoms with Gasteiger partial charge in [0.15, 0.2) is 0 Å². The van der Waals surface area contributed by atoms with Gasteiger partial charge in [-0.3, -0.25) is 4.90 Å². The van der Waals surface area contributed by atoms with Crippen molar-refractivity contribution < 1.29 is 13.2 Å². The van der Waals surface area contributed by atoms with E-state index < -0.39 is 5.51 Å². The molecule has 1 N–H and O–H groups in total. The summed E-state index contributed by atoms with van der Waals surface area (Å²) in [5, 5.41) is 3.63. The molecule has 2 saturated heterocycles. The van der Waals surface area contributed by atoms with Gasteiger partial charge in [-0.25, -0.2) is 0 Å². The first-order valence-corrected chi connectivity index (χ1v) is 8.13. The number of halogens is 4. The molecule has 1 aromatic rings. The number of thioether (sulfide) groups is 1. The minimum Gasteiger partial charge on any atom is -0.310 e. The fourth-order valence-electron chi connectivity index (χ4n) is 3.21. The van der Waals surface area contributed by atoms with Crippen LogP contribution in [0.2, 0.25) is 0 Å². The van der Waals surface area contributed by atoms with Crippen LogP contribution in [0.3, 0.4) is 0 Å². The third kappa shape index (κ3) is 5.05. The second kappa shape index (κ2) is 7.43. The maximum Gasteiger partial charge on any atom is 0.446 e. The maximum atomic E-state index is 12.3. The smallest absolute Gasteiger partial charge is 0.310 e. The van der Waals surface area contributed by atoms with Crippen molar-refractivity contribution in [3.8, 4) is 0 Å². The Labute approximate surface area is 139 Å². The predicted octanol–water partition coefficient (Wildman–Crippen LogP) is 4.05. The molecule has 0 spiro atoms. The lowest BCUT2D eigenvalue weighted by atomic mass is 10.1. The topological polar surface area (TPSA) is 15.3 Å². The minimum absolute atomic E-state index is 0. The normalized spacial score (nSPS) is 25.6. The van der Waals surface area contributed by atoms with Crippen molar-refractivity contribution in [3.05, 3.63) is 29.8 Å². The Balaban J connectivity index is 0.00000176. The number of rotatable bonds is 3. The number of hydrogen-bond acceptors (Lipinski definition) is 3. The van der Waals surface area contributed by atoms with Crippen LogP contribution in [0.15, 0.2) is 29.2 Å². The molecule has 2 aliphatic heterocycles. The van der Waals surface area contributed by atoms with E-state index in [0.717, 1.165) is 25.2 Å². The fourth-order valence-corrected chi connectivity index (χ4v) is 3.75. The van der Waals surface area contributed by atoms with Crippen molar-refractivity contribution >= 4 is 24.2 Å². The SMILES string of the molecule is Cl.FC(F)(F)Sc1ccc(CN2CCC3CCC(C2)N3)cc1. The van der Waals surface area contributed by atoms with E-state index in [-0.39, 0.29) is 29.1 Å². The number of benzene rings is 1. The van der Waals surface area contributed by atoms with E-state index in [1.54, 1.807) is 12.1 Å². The summed E-state index contributed by atoms with van der Waals surface area (Å²) in [6.45, 7) is 2.92. The van der Waals surface area contributed by atoms with Gasteiger partial charge in [-0.1, -0.05) is 12.1 Å². The van der Waals surface area contributed by atoms with Gasteiger partial charge in [0.1, 0.15) is 0 Å². The molecule has 0 saturated carbocycles. The lowest BCUT2D eigenvalue weighted by Crippen LogP contribution is -2.34. The van der Waals surface area contributed by atoms with E-state index in [9.17, 15) is 13.2 Å². The molecule has 2 heterocycles. The molecule has 0 radical (unpaired) electrons. The number of nitrogens with one attached hydrogen (secondary N) is 1. The highest BCUT2D eigenvalue weighted by Crippen LogP contribution is 2.36. The van der Waals surface area contributed by atoms with E-state index in [1.165, 1.54) is 19.3 Å². The molecule has 2 aliphatic rings. The van der Waals surface area contributed by atoms with Crippen molar-refractivity contribution in [1.82, 2.24) is 10.2 Å². The lowest BCUT2D eigenvalue weighted by Gasteiger charge is -2.24. The Kier molecular flexibility index (Phi) is 6.05. The van der Waals surface area contributed by atoms with Crippen LogP contribution < -0.4 is 5.32 Å². The predicted molar refractivity (Wildman–Crippen MR) is 85.4 cm³/mol. The average Bonchev–Trinajstić information content (AvgIpc) is 2.73. The van der Waals surface area contributed by atoms with Gasteiger partial charge in [0.2, 0.25) is 0 Å². The summed E-state index contributed by atoms with van der Waals surface area (Å²) in [7, 11) is 0. The third-order valence-corrected chi connectivity index (χ3v) is 4.91. The van der Waals surface area contributed by atoms with E-state index in [0.29, 0.717) is 12.1 Å². The number of hydrogen-bond donors (Lipinski definition) is 1. The molecule has 2 fully saturated rings. The number of likely N-dealkylation sites (tertiary alicyclic amines) is 1. The largest absolute Gasteiger partial charge is 0.446 e. The molecule has 1 aromatic carbocycles. The highest BCUT2D eigenvalue weighted by molar-refractivity contribution is 8.00. The summed E-state index contributed by atoms with van der Waals surface area (Å²) >= 11 is -0.0549. The highest BCUT2D eigenvalue weighted by atomic mass is 35.5. The lowest BCUT2D eigenvalue weighted by molar-refractivity contribution is -0.0328. The maximum absolute atomic E-state index is 12.3. The Morgan fingerprint density at radius 3 is 2.45 bits per heavy atom. The minimum atomic E-state index is -4.21. The van der Waals surface area contributed by atoms with Crippen LogP contribution in [0.5, 0.6) is 0 Å². The zero-order valence-electron chi connectivity index (χ0n) is 12.1. The van der Waals surface area contributed by atoms with Gasteiger partial charge in [0, 0.05) is 36.6 Å². The summed E-state index contributed by atoms with van der Waals surface area (Å²) in [6, 6.07) is 7.99. The molecule has 2 bridgehead atoms. The summed E-state index contributed by atoms with van der Waals surface area (Å²) in [6.07, 6.45) is 3.68. The van der Waals surface area contributed by atoms with Crippen LogP contribution >= 0.6 is 24.2 Å². The molecule has 0 amide bonds. The molecule has 2 atom stereocenters. The van der Waals surface area contributed by atoms with Crippen molar-refractivity contribution in [2.75, 3.05) is 13.1 Å².